The molecular formula is C18H24N4O4S. The number of benzene rings is 1. The molecule has 8 nitrogen and oxygen atoms in total. The number of nitrogens with one attached hydrogen (secondary N) is 1. The fourth-order valence-corrected chi connectivity index (χ4v) is 4.82. The molecule has 0 radical (unpaired) electrons. The van der Waals surface area contributed by atoms with Crippen molar-refractivity contribution in [3.63, 3.8) is 0 Å². The van der Waals surface area contributed by atoms with Crippen molar-refractivity contribution in [3.8, 4) is 0 Å². The minimum absolute atomic E-state index is 0.387. The van der Waals surface area contributed by atoms with E-state index < -0.39 is 26.2 Å². The van der Waals surface area contributed by atoms with Crippen molar-refractivity contribution in [2.24, 2.45) is 14.1 Å². The van der Waals surface area contributed by atoms with Crippen LogP contribution >= 0.6 is 0 Å². The van der Waals surface area contributed by atoms with Crippen molar-refractivity contribution in [1.82, 2.24) is 18.8 Å². The summed E-state index contributed by atoms with van der Waals surface area (Å²) in [7, 11) is -1.36. The van der Waals surface area contributed by atoms with Gasteiger partial charge in [0, 0.05) is 46.0 Å². The molecule has 1 aromatic carbocycles. The highest BCUT2D eigenvalue weighted by Gasteiger charge is 2.25. The maximum absolute atomic E-state index is 12.7. The van der Waals surface area contributed by atoms with E-state index in [1.54, 1.807) is 6.92 Å². The molecule has 2 heterocycles. The lowest BCUT2D eigenvalue weighted by molar-refractivity contribution is 0.237. The highest BCUT2D eigenvalue weighted by Crippen LogP contribution is 2.18. The number of aryl methyl sites for hydroxylation is 1. The maximum atomic E-state index is 12.7. The molecule has 0 spiro atoms. The first kappa shape index (κ1) is 19.5. The van der Waals surface area contributed by atoms with Crippen LogP contribution < -0.4 is 16.0 Å². The van der Waals surface area contributed by atoms with Gasteiger partial charge in [0.05, 0.1) is 0 Å². The van der Waals surface area contributed by atoms with E-state index in [2.05, 4.69) is 21.8 Å². The van der Waals surface area contributed by atoms with Gasteiger partial charge < -0.3 is 4.57 Å². The molecule has 1 N–H and O–H groups in total. The van der Waals surface area contributed by atoms with Gasteiger partial charge in [0.2, 0.25) is 10.0 Å². The van der Waals surface area contributed by atoms with Gasteiger partial charge in [0.1, 0.15) is 0 Å². The zero-order valence-electron chi connectivity index (χ0n) is 15.7. The van der Waals surface area contributed by atoms with E-state index in [1.165, 1.54) is 25.2 Å². The smallest absolute Gasteiger partial charge is 0.302 e. The summed E-state index contributed by atoms with van der Waals surface area (Å²) in [6.45, 7) is 3.92. The molecule has 0 saturated carbocycles. The Morgan fingerprint density at radius 3 is 2.52 bits per heavy atom. The van der Waals surface area contributed by atoms with E-state index in [9.17, 15) is 18.0 Å². The van der Waals surface area contributed by atoms with Crippen LogP contribution in [0.5, 0.6) is 0 Å². The van der Waals surface area contributed by atoms with E-state index in [0.29, 0.717) is 6.54 Å². The number of fused-ring (bicyclic) bond motifs is 1. The van der Waals surface area contributed by atoms with Crippen LogP contribution in [0.4, 0.5) is 0 Å². The lowest BCUT2D eigenvalue weighted by Gasteiger charge is -2.30. The molecule has 1 aliphatic heterocycles. The number of rotatable bonds is 5. The van der Waals surface area contributed by atoms with Gasteiger partial charge in [-0.2, -0.15) is 0 Å². The second-order valence-electron chi connectivity index (χ2n) is 7.03. The topological polar surface area (TPSA) is 93.4 Å². The van der Waals surface area contributed by atoms with Crippen molar-refractivity contribution in [2.45, 2.75) is 30.8 Å². The lowest BCUT2D eigenvalue weighted by atomic mass is 10.00. The first-order chi connectivity index (χ1) is 12.7. The van der Waals surface area contributed by atoms with Crippen LogP contribution in [0.25, 0.3) is 0 Å². The number of sulfonamides is 1. The van der Waals surface area contributed by atoms with E-state index in [-0.39, 0.29) is 6.04 Å². The van der Waals surface area contributed by atoms with E-state index in [0.717, 1.165) is 34.8 Å². The van der Waals surface area contributed by atoms with Crippen LogP contribution in [0.2, 0.25) is 0 Å². The first-order valence-electron chi connectivity index (χ1n) is 8.77. The minimum Gasteiger partial charge on any atom is -0.302 e. The summed E-state index contributed by atoms with van der Waals surface area (Å²) in [5.41, 5.74) is 1.19. The van der Waals surface area contributed by atoms with Gasteiger partial charge in [-0.25, -0.2) is 17.9 Å². The number of hydrogen-bond donors (Lipinski definition) is 1. The summed E-state index contributed by atoms with van der Waals surface area (Å²) >= 11 is 0. The van der Waals surface area contributed by atoms with E-state index >= 15 is 0 Å². The molecule has 0 bridgehead atoms. The fraction of sp³-hybridized carbons (Fsp3) is 0.444. The molecule has 0 amide bonds. The third kappa shape index (κ3) is 4.05. The molecular weight excluding hydrogens is 368 g/mol. The third-order valence-electron chi connectivity index (χ3n) is 4.80. The molecule has 9 heteroatoms. The fourth-order valence-electron chi connectivity index (χ4n) is 3.42. The van der Waals surface area contributed by atoms with Gasteiger partial charge in [-0.15, -0.1) is 0 Å². The van der Waals surface area contributed by atoms with Crippen LogP contribution in [0, 0.1) is 0 Å². The summed E-state index contributed by atoms with van der Waals surface area (Å²) in [6.07, 6.45) is 1.99. The zero-order chi connectivity index (χ0) is 19.8. The Kier molecular flexibility index (Phi) is 5.36. The van der Waals surface area contributed by atoms with Gasteiger partial charge in [0.25, 0.3) is 5.56 Å². The predicted octanol–water partition coefficient (Wildman–Crippen LogP) is -0.191. The third-order valence-corrected chi connectivity index (χ3v) is 6.37. The van der Waals surface area contributed by atoms with Gasteiger partial charge in [-0.3, -0.25) is 14.3 Å². The monoisotopic (exact) mass is 392 g/mol. The van der Waals surface area contributed by atoms with Crippen LogP contribution in [-0.4, -0.2) is 41.6 Å². The van der Waals surface area contributed by atoms with Crippen molar-refractivity contribution >= 4 is 10.0 Å². The molecule has 1 aromatic heterocycles. The molecule has 27 heavy (non-hydrogen) atoms. The molecule has 2 aromatic rings. The Bertz CT molecular complexity index is 1070. The average molecular weight is 392 g/mol. The summed E-state index contributed by atoms with van der Waals surface area (Å²) in [5.74, 6) is 0. The molecule has 0 unspecified atom stereocenters. The summed E-state index contributed by atoms with van der Waals surface area (Å²) in [5, 5.41) is 0. The molecule has 146 valence electrons. The summed E-state index contributed by atoms with van der Waals surface area (Å²) < 4.78 is 29.8. The Hall–Kier alpha value is -2.23. The Balaban J connectivity index is 1.74. The highest BCUT2D eigenvalue weighted by atomic mass is 32.2. The van der Waals surface area contributed by atoms with Crippen LogP contribution in [0.1, 0.15) is 18.1 Å². The highest BCUT2D eigenvalue weighted by molar-refractivity contribution is 7.89. The standard InChI is InChI=1S/C18H24N4O4S/c1-13(10-22-9-8-14-6-4-5-7-15(14)11-22)19-27(25,26)16-12-20(2)18(24)21(3)17(16)23/h4-7,12-13,19H,8-11H2,1-3H3/t13-/m0/s1. The predicted molar refractivity (Wildman–Crippen MR) is 102 cm³/mol. The molecule has 0 aliphatic carbocycles. The van der Waals surface area contributed by atoms with Crippen molar-refractivity contribution in [2.75, 3.05) is 13.1 Å². The van der Waals surface area contributed by atoms with Crippen molar-refractivity contribution in [1.29, 1.82) is 0 Å². The second kappa shape index (κ2) is 7.41. The van der Waals surface area contributed by atoms with Gasteiger partial charge >= 0.3 is 5.69 Å². The van der Waals surface area contributed by atoms with Crippen LogP contribution in [0.3, 0.4) is 0 Å². The van der Waals surface area contributed by atoms with Gasteiger partial charge in [-0.05, 0) is 24.5 Å². The van der Waals surface area contributed by atoms with E-state index in [4.69, 9.17) is 0 Å². The largest absolute Gasteiger partial charge is 0.330 e. The molecule has 0 fully saturated rings. The zero-order valence-corrected chi connectivity index (χ0v) is 16.5. The minimum atomic E-state index is -4.03. The van der Waals surface area contributed by atoms with Crippen molar-refractivity contribution in [3.05, 3.63) is 62.4 Å². The van der Waals surface area contributed by atoms with Gasteiger partial charge in [-0.1, -0.05) is 24.3 Å². The lowest BCUT2D eigenvalue weighted by Crippen LogP contribution is -2.46. The Labute approximate surface area is 158 Å². The van der Waals surface area contributed by atoms with Crippen LogP contribution in [-0.2, 0) is 37.1 Å². The quantitative estimate of drug-likeness (QED) is 0.761. The maximum Gasteiger partial charge on any atom is 0.330 e. The molecule has 1 aliphatic rings. The summed E-state index contributed by atoms with van der Waals surface area (Å²) in [4.78, 5) is 25.7. The first-order valence-corrected chi connectivity index (χ1v) is 10.3. The Morgan fingerprint density at radius 1 is 1.15 bits per heavy atom. The normalized spacial score (nSPS) is 16.1. The van der Waals surface area contributed by atoms with E-state index in [1.807, 2.05) is 12.1 Å². The number of aromatic nitrogens is 2. The average Bonchev–Trinajstić information content (AvgIpc) is 2.62. The Morgan fingerprint density at radius 2 is 1.81 bits per heavy atom. The van der Waals surface area contributed by atoms with Gasteiger partial charge in [0.15, 0.2) is 4.90 Å². The SMILES string of the molecule is C[C@@H](CN1CCc2ccccc2C1)NS(=O)(=O)c1cn(C)c(=O)n(C)c1=O. The van der Waals surface area contributed by atoms with Crippen LogP contribution in [0.15, 0.2) is 44.9 Å². The molecule has 3 rings (SSSR count). The van der Waals surface area contributed by atoms with Crippen molar-refractivity contribution < 1.29 is 8.42 Å². The molecule has 0 saturated heterocycles. The number of nitrogens with zero attached hydrogens (tertiary/aromatic N) is 3. The second-order valence-corrected chi connectivity index (χ2v) is 8.71. The summed E-state index contributed by atoms with van der Waals surface area (Å²) in [6, 6.07) is 7.85. The number of hydrogen-bond acceptors (Lipinski definition) is 5. The molecule has 1 atom stereocenters.